The zero-order valence-corrected chi connectivity index (χ0v) is 9.88. The number of hydrogen-bond donors (Lipinski definition) is 1. The van der Waals surface area contributed by atoms with Crippen LogP contribution in [0.25, 0.3) is 0 Å². The van der Waals surface area contributed by atoms with Gasteiger partial charge in [0.05, 0.1) is 12.5 Å². The van der Waals surface area contributed by atoms with Gasteiger partial charge in [-0.3, -0.25) is 14.5 Å². The molecule has 0 saturated carbocycles. The third-order valence-electron chi connectivity index (χ3n) is 2.51. The Bertz CT molecular complexity index is 328. The molecule has 0 aliphatic carbocycles. The number of likely N-dealkylation sites (tertiary alicyclic amines) is 1. The molecule has 0 aromatic heterocycles. The molecule has 4 nitrogen and oxygen atoms in total. The highest BCUT2D eigenvalue weighted by molar-refractivity contribution is 6.05. The molecular formula is C12H18N2O2. The number of amides is 2. The van der Waals surface area contributed by atoms with Gasteiger partial charge in [-0.15, -0.1) is 11.8 Å². The van der Waals surface area contributed by atoms with Crippen molar-refractivity contribution < 1.29 is 9.59 Å². The minimum absolute atomic E-state index is 0.0640. The Kier molecular flexibility index (Phi) is 5.00. The zero-order chi connectivity index (χ0) is 12.0. The predicted octanol–water partition coefficient (Wildman–Crippen LogP) is 0.527. The highest BCUT2D eigenvalue weighted by Gasteiger charge is 2.37. The van der Waals surface area contributed by atoms with Gasteiger partial charge in [0.2, 0.25) is 11.8 Å². The van der Waals surface area contributed by atoms with E-state index < -0.39 is 0 Å². The molecular weight excluding hydrogens is 204 g/mol. The molecule has 1 aliphatic heterocycles. The SMILES string of the molecule is CC#CCCNC1CC(=O)N(CCC)C1=O. The summed E-state index contributed by atoms with van der Waals surface area (Å²) in [6.45, 7) is 4.93. The predicted molar refractivity (Wildman–Crippen MR) is 61.5 cm³/mol. The Morgan fingerprint density at radius 2 is 2.25 bits per heavy atom. The van der Waals surface area contributed by atoms with Crippen LogP contribution in [0.1, 0.15) is 33.1 Å². The lowest BCUT2D eigenvalue weighted by Crippen LogP contribution is -2.39. The van der Waals surface area contributed by atoms with Crippen LogP contribution in [0.2, 0.25) is 0 Å². The van der Waals surface area contributed by atoms with Gasteiger partial charge in [-0.25, -0.2) is 0 Å². The van der Waals surface area contributed by atoms with Crippen LogP contribution in [-0.2, 0) is 9.59 Å². The third kappa shape index (κ3) is 3.07. The molecule has 2 amide bonds. The first kappa shape index (κ1) is 12.7. The molecule has 1 fully saturated rings. The van der Waals surface area contributed by atoms with Crippen molar-refractivity contribution in [1.82, 2.24) is 10.2 Å². The number of imide groups is 1. The van der Waals surface area contributed by atoms with Crippen molar-refractivity contribution >= 4 is 11.8 Å². The summed E-state index contributed by atoms with van der Waals surface area (Å²) in [5.41, 5.74) is 0. The van der Waals surface area contributed by atoms with Crippen molar-refractivity contribution in [3.05, 3.63) is 0 Å². The van der Waals surface area contributed by atoms with Gasteiger partial charge in [0.15, 0.2) is 0 Å². The van der Waals surface area contributed by atoms with E-state index in [2.05, 4.69) is 17.2 Å². The molecule has 0 radical (unpaired) electrons. The monoisotopic (exact) mass is 222 g/mol. The standard InChI is InChI=1S/C12H18N2O2/c1-3-5-6-7-13-10-9-11(15)14(8-4-2)12(10)16/h10,13H,4,6-9H2,1-2H3. The van der Waals surface area contributed by atoms with E-state index in [0.29, 0.717) is 25.9 Å². The van der Waals surface area contributed by atoms with Gasteiger partial charge in [0.1, 0.15) is 0 Å². The van der Waals surface area contributed by atoms with Gasteiger partial charge in [0, 0.05) is 19.5 Å². The number of hydrogen-bond acceptors (Lipinski definition) is 3. The molecule has 4 heteroatoms. The van der Waals surface area contributed by atoms with Crippen molar-refractivity contribution in [2.24, 2.45) is 0 Å². The first-order valence-electron chi connectivity index (χ1n) is 5.68. The van der Waals surface area contributed by atoms with Gasteiger partial charge in [-0.1, -0.05) is 6.92 Å². The largest absolute Gasteiger partial charge is 0.304 e. The Labute approximate surface area is 96.4 Å². The lowest BCUT2D eigenvalue weighted by atomic mass is 10.2. The van der Waals surface area contributed by atoms with Crippen molar-refractivity contribution in [1.29, 1.82) is 0 Å². The Morgan fingerprint density at radius 1 is 1.50 bits per heavy atom. The Balaban J connectivity index is 2.41. The molecule has 0 spiro atoms. The van der Waals surface area contributed by atoms with Gasteiger partial charge < -0.3 is 5.32 Å². The van der Waals surface area contributed by atoms with Crippen molar-refractivity contribution in [2.75, 3.05) is 13.1 Å². The summed E-state index contributed by atoms with van der Waals surface area (Å²) in [5, 5.41) is 3.07. The average Bonchev–Trinajstić information content (AvgIpc) is 2.53. The minimum Gasteiger partial charge on any atom is -0.304 e. The summed E-state index contributed by atoms with van der Waals surface area (Å²) in [5.74, 6) is 5.55. The maximum absolute atomic E-state index is 11.8. The van der Waals surface area contributed by atoms with Gasteiger partial charge in [0.25, 0.3) is 0 Å². The fourth-order valence-electron chi connectivity index (χ4n) is 1.74. The summed E-state index contributed by atoms with van der Waals surface area (Å²) in [4.78, 5) is 24.6. The smallest absolute Gasteiger partial charge is 0.246 e. The minimum atomic E-state index is -0.335. The summed E-state index contributed by atoms with van der Waals surface area (Å²) in [7, 11) is 0. The number of nitrogens with zero attached hydrogens (tertiary/aromatic N) is 1. The molecule has 1 atom stereocenters. The van der Waals surface area contributed by atoms with Crippen molar-refractivity contribution in [3.8, 4) is 11.8 Å². The van der Waals surface area contributed by atoms with Crippen LogP contribution < -0.4 is 5.32 Å². The molecule has 1 aliphatic rings. The normalized spacial score (nSPS) is 19.9. The maximum atomic E-state index is 11.8. The fraction of sp³-hybridized carbons (Fsp3) is 0.667. The average molecular weight is 222 g/mol. The third-order valence-corrected chi connectivity index (χ3v) is 2.51. The summed E-state index contributed by atoms with van der Waals surface area (Å²) >= 11 is 0. The zero-order valence-electron chi connectivity index (χ0n) is 9.88. The highest BCUT2D eigenvalue weighted by Crippen LogP contribution is 2.13. The van der Waals surface area contributed by atoms with Crippen LogP contribution in [0.5, 0.6) is 0 Å². The van der Waals surface area contributed by atoms with E-state index >= 15 is 0 Å². The molecule has 0 aromatic carbocycles. The summed E-state index contributed by atoms with van der Waals surface area (Å²) in [6.07, 6.45) is 1.81. The molecule has 0 aromatic rings. The quantitative estimate of drug-likeness (QED) is 0.419. The van der Waals surface area contributed by atoms with Gasteiger partial charge in [-0.05, 0) is 13.3 Å². The van der Waals surface area contributed by atoms with Gasteiger partial charge in [-0.2, -0.15) is 0 Å². The Morgan fingerprint density at radius 3 is 2.88 bits per heavy atom. The van der Waals surface area contributed by atoms with E-state index in [9.17, 15) is 9.59 Å². The van der Waals surface area contributed by atoms with E-state index in [4.69, 9.17) is 0 Å². The molecule has 0 bridgehead atoms. The second-order valence-electron chi connectivity index (χ2n) is 3.77. The van der Waals surface area contributed by atoms with Crippen LogP contribution in [0.3, 0.4) is 0 Å². The van der Waals surface area contributed by atoms with Crippen LogP contribution in [-0.4, -0.2) is 35.8 Å². The van der Waals surface area contributed by atoms with Crippen molar-refractivity contribution in [3.63, 3.8) is 0 Å². The van der Waals surface area contributed by atoms with E-state index in [-0.39, 0.29) is 17.9 Å². The van der Waals surface area contributed by atoms with Crippen LogP contribution >= 0.6 is 0 Å². The van der Waals surface area contributed by atoms with E-state index in [0.717, 1.165) is 6.42 Å². The molecule has 1 rings (SSSR count). The second-order valence-corrected chi connectivity index (χ2v) is 3.77. The molecule has 16 heavy (non-hydrogen) atoms. The number of carbonyl (C=O) groups is 2. The number of rotatable bonds is 5. The Hall–Kier alpha value is -1.34. The van der Waals surface area contributed by atoms with Crippen LogP contribution in [0.4, 0.5) is 0 Å². The maximum Gasteiger partial charge on any atom is 0.246 e. The van der Waals surface area contributed by atoms with E-state index in [1.165, 1.54) is 4.90 Å². The lowest BCUT2D eigenvalue weighted by molar-refractivity contribution is -0.138. The van der Waals surface area contributed by atoms with Crippen LogP contribution in [0, 0.1) is 11.8 Å². The summed E-state index contributed by atoms with van der Waals surface area (Å²) in [6, 6.07) is -0.335. The molecule has 88 valence electrons. The number of nitrogens with one attached hydrogen (secondary N) is 1. The molecule has 1 unspecified atom stereocenters. The van der Waals surface area contributed by atoms with Gasteiger partial charge >= 0.3 is 0 Å². The molecule has 1 saturated heterocycles. The van der Waals surface area contributed by atoms with E-state index in [1.54, 1.807) is 6.92 Å². The fourth-order valence-corrected chi connectivity index (χ4v) is 1.74. The van der Waals surface area contributed by atoms with Crippen molar-refractivity contribution in [2.45, 2.75) is 39.2 Å². The number of carbonyl (C=O) groups excluding carboxylic acids is 2. The van der Waals surface area contributed by atoms with Crippen LogP contribution in [0.15, 0.2) is 0 Å². The second kappa shape index (κ2) is 6.29. The van der Waals surface area contributed by atoms with E-state index in [1.807, 2.05) is 6.92 Å². The first-order valence-corrected chi connectivity index (χ1v) is 5.68. The first-order chi connectivity index (χ1) is 7.70. The highest BCUT2D eigenvalue weighted by atomic mass is 16.2. The topological polar surface area (TPSA) is 49.4 Å². The lowest BCUT2D eigenvalue weighted by Gasteiger charge is -2.13. The molecule has 1 N–H and O–H groups in total. The summed E-state index contributed by atoms with van der Waals surface area (Å²) < 4.78 is 0. The molecule has 1 heterocycles.